The zero-order valence-electron chi connectivity index (χ0n) is 10.1. The predicted octanol–water partition coefficient (Wildman–Crippen LogP) is 2.63. The lowest BCUT2D eigenvalue weighted by atomic mass is 10.1. The van der Waals surface area contributed by atoms with Gasteiger partial charge in [-0.3, -0.25) is 0 Å². The van der Waals surface area contributed by atoms with Crippen LogP contribution in [-0.4, -0.2) is 10.6 Å². The van der Waals surface area contributed by atoms with Crippen LogP contribution in [0.2, 0.25) is 0 Å². The van der Waals surface area contributed by atoms with Crippen LogP contribution in [0.4, 0.5) is 0 Å². The first-order chi connectivity index (χ1) is 7.53. The van der Waals surface area contributed by atoms with Crippen LogP contribution in [-0.2, 0) is 7.05 Å². The second kappa shape index (κ2) is 2.89. The minimum atomic E-state index is 0.252. The molecule has 1 aliphatic carbocycles. The number of fused-ring (bicyclic) bond motifs is 1. The zero-order valence-corrected chi connectivity index (χ0v) is 10.1. The van der Waals surface area contributed by atoms with Crippen molar-refractivity contribution in [2.45, 2.75) is 25.8 Å². The first-order valence-corrected chi connectivity index (χ1v) is 5.83. The molecule has 0 saturated heterocycles. The van der Waals surface area contributed by atoms with Gasteiger partial charge in [0.1, 0.15) is 0 Å². The van der Waals surface area contributed by atoms with Gasteiger partial charge in [0.15, 0.2) is 0 Å². The number of hydrogen-bond donors (Lipinski definition) is 1. The number of rotatable bonds is 1. The van der Waals surface area contributed by atoms with Crippen molar-refractivity contribution in [1.29, 1.82) is 0 Å². The van der Waals surface area contributed by atoms with Gasteiger partial charge in [0.25, 0.3) is 0 Å². The largest absolute Gasteiger partial charge is 0.347 e. The molecular weight excluding hydrogens is 196 g/mol. The maximum absolute atomic E-state index is 6.15. The van der Waals surface area contributed by atoms with E-state index in [1.54, 1.807) is 0 Å². The second-order valence-electron chi connectivity index (χ2n) is 5.51. The highest BCUT2D eigenvalue weighted by Gasteiger charge is 2.57. The molecule has 1 aromatic carbocycles. The molecule has 1 aliphatic rings. The average Bonchev–Trinajstić information content (AvgIpc) is 2.60. The van der Waals surface area contributed by atoms with Crippen molar-refractivity contribution in [3.63, 3.8) is 0 Å². The topological polar surface area (TPSA) is 30.9 Å². The fraction of sp³-hybridized carbons (Fsp3) is 0.429. The van der Waals surface area contributed by atoms with Gasteiger partial charge in [-0.1, -0.05) is 32.0 Å². The van der Waals surface area contributed by atoms with E-state index in [1.807, 2.05) is 0 Å². The first-order valence-electron chi connectivity index (χ1n) is 5.83. The van der Waals surface area contributed by atoms with E-state index in [-0.39, 0.29) is 5.41 Å². The van der Waals surface area contributed by atoms with Gasteiger partial charge in [-0.05, 0) is 22.9 Å². The SMILES string of the molecule is Cn1c([C@@H]2[C@@H](N)C2(C)C)cc2ccccc21. The van der Waals surface area contributed by atoms with Crippen LogP contribution in [0.1, 0.15) is 25.5 Å². The molecule has 3 rings (SSSR count). The van der Waals surface area contributed by atoms with Gasteiger partial charge in [0.2, 0.25) is 0 Å². The highest BCUT2D eigenvalue weighted by Crippen LogP contribution is 2.57. The molecule has 1 aromatic heterocycles. The molecule has 1 saturated carbocycles. The Morgan fingerprint density at radius 1 is 1.25 bits per heavy atom. The van der Waals surface area contributed by atoms with Crippen LogP contribution in [0.3, 0.4) is 0 Å². The third-order valence-electron chi connectivity index (χ3n) is 4.22. The predicted molar refractivity (Wildman–Crippen MR) is 67.4 cm³/mol. The number of aryl methyl sites for hydroxylation is 1. The smallest absolute Gasteiger partial charge is 0.0479 e. The highest BCUT2D eigenvalue weighted by atomic mass is 15.0. The number of nitrogens with two attached hydrogens (primary N) is 1. The maximum Gasteiger partial charge on any atom is 0.0479 e. The molecule has 2 aromatic rings. The summed E-state index contributed by atoms with van der Waals surface area (Å²) in [5.74, 6) is 0.505. The molecule has 1 heterocycles. The molecule has 1 fully saturated rings. The molecule has 0 aliphatic heterocycles. The molecule has 0 radical (unpaired) electrons. The molecule has 0 unspecified atom stereocenters. The molecule has 0 spiro atoms. The fourth-order valence-corrected chi connectivity index (χ4v) is 2.85. The summed E-state index contributed by atoms with van der Waals surface area (Å²) in [6, 6.07) is 11.1. The summed E-state index contributed by atoms with van der Waals surface area (Å²) < 4.78 is 2.29. The molecule has 0 bridgehead atoms. The fourth-order valence-electron chi connectivity index (χ4n) is 2.85. The van der Waals surface area contributed by atoms with E-state index in [0.717, 1.165) is 0 Å². The summed E-state index contributed by atoms with van der Waals surface area (Å²) in [5, 5.41) is 1.31. The average molecular weight is 214 g/mol. The molecule has 0 amide bonds. The van der Waals surface area contributed by atoms with Crippen LogP contribution in [0, 0.1) is 5.41 Å². The van der Waals surface area contributed by atoms with E-state index in [4.69, 9.17) is 5.73 Å². The van der Waals surface area contributed by atoms with Crippen LogP contribution < -0.4 is 5.73 Å². The summed E-state index contributed by atoms with van der Waals surface area (Å²) in [5.41, 5.74) is 9.08. The van der Waals surface area contributed by atoms with E-state index in [2.05, 4.69) is 55.8 Å². The summed E-state index contributed by atoms with van der Waals surface area (Å²) in [7, 11) is 2.14. The lowest BCUT2D eigenvalue weighted by Gasteiger charge is -2.05. The van der Waals surface area contributed by atoms with E-state index >= 15 is 0 Å². The normalized spacial score (nSPS) is 27.2. The first kappa shape index (κ1) is 9.91. The van der Waals surface area contributed by atoms with E-state index in [1.165, 1.54) is 16.6 Å². The van der Waals surface area contributed by atoms with Crippen LogP contribution in [0.15, 0.2) is 30.3 Å². The highest BCUT2D eigenvalue weighted by molar-refractivity contribution is 5.81. The van der Waals surface area contributed by atoms with Crippen LogP contribution >= 0.6 is 0 Å². The van der Waals surface area contributed by atoms with E-state index in [9.17, 15) is 0 Å². The number of para-hydroxylation sites is 1. The summed E-state index contributed by atoms with van der Waals surface area (Å²) in [6.45, 7) is 4.50. The quantitative estimate of drug-likeness (QED) is 0.777. The zero-order chi connectivity index (χ0) is 11.5. The van der Waals surface area contributed by atoms with Crippen molar-refractivity contribution in [2.24, 2.45) is 18.2 Å². The lowest BCUT2D eigenvalue weighted by molar-refractivity contribution is 0.590. The Bertz CT molecular complexity index is 551. The number of aromatic nitrogens is 1. The molecule has 2 N–H and O–H groups in total. The monoisotopic (exact) mass is 214 g/mol. The van der Waals surface area contributed by atoms with Crippen molar-refractivity contribution in [2.75, 3.05) is 0 Å². The Kier molecular flexibility index (Phi) is 1.79. The molecule has 84 valence electrons. The Balaban J connectivity index is 2.16. The number of nitrogens with zero attached hydrogens (tertiary/aromatic N) is 1. The molecule has 2 heteroatoms. The molecule has 2 nitrogen and oxygen atoms in total. The van der Waals surface area contributed by atoms with Crippen LogP contribution in [0.25, 0.3) is 10.9 Å². The maximum atomic E-state index is 6.15. The Morgan fingerprint density at radius 3 is 2.44 bits per heavy atom. The van der Waals surface area contributed by atoms with E-state index < -0.39 is 0 Å². The van der Waals surface area contributed by atoms with Crippen molar-refractivity contribution < 1.29 is 0 Å². The minimum Gasteiger partial charge on any atom is -0.347 e. The summed E-state index contributed by atoms with van der Waals surface area (Å²) >= 11 is 0. The van der Waals surface area contributed by atoms with Crippen LogP contribution in [0.5, 0.6) is 0 Å². The second-order valence-corrected chi connectivity index (χ2v) is 5.51. The van der Waals surface area contributed by atoms with Gasteiger partial charge < -0.3 is 10.3 Å². The van der Waals surface area contributed by atoms with Gasteiger partial charge >= 0.3 is 0 Å². The van der Waals surface area contributed by atoms with Crippen molar-refractivity contribution in [1.82, 2.24) is 4.57 Å². The van der Waals surface area contributed by atoms with Gasteiger partial charge in [0, 0.05) is 30.2 Å². The van der Waals surface area contributed by atoms with Gasteiger partial charge in [-0.25, -0.2) is 0 Å². The standard InChI is InChI=1S/C14H18N2/c1-14(2)12(13(14)15)11-8-9-6-4-5-7-10(9)16(11)3/h4-8,12-13H,15H2,1-3H3/t12-,13-/m1/s1. The molecule has 16 heavy (non-hydrogen) atoms. The molecule has 2 atom stereocenters. The third-order valence-corrected chi connectivity index (χ3v) is 4.22. The Hall–Kier alpha value is -1.28. The minimum absolute atomic E-state index is 0.252. The van der Waals surface area contributed by atoms with Gasteiger partial charge in [-0.15, -0.1) is 0 Å². The van der Waals surface area contributed by atoms with Gasteiger partial charge in [-0.2, -0.15) is 0 Å². The summed E-state index contributed by atoms with van der Waals surface area (Å²) in [6.07, 6.45) is 0. The Labute approximate surface area is 96.1 Å². The van der Waals surface area contributed by atoms with Crippen molar-refractivity contribution in [3.8, 4) is 0 Å². The number of benzene rings is 1. The third kappa shape index (κ3) is 1.11. The number of hydrogen-bond acceptors (Lipinski definition) is 1. The summed E-state index contributed by atoms with van der Waals surface area (Å²) in [4.78, 5) is 0. The molecular formula is C14H18N2. The van der Waals surface area contributed by atoms with E-state index in [0.29, 0.717) is 12.0 Å². The lowest BCUT2D eigenvalue weighted by Crippen LogP contribution is -2.06. The van der Waals surface area contributed by atoms with Crippen molar-refractivity contribution in [3.05, 3.63) is 36.0 Å². The van der Waals surface area contributed by atoms with Crippen molar-refractivity contribution >= 4 is 10.9 Å². The van der Waals surface area contributed by atoms with Gasteiger partial charge in [0.05, 0.1) is 0 Å². The Morgan fingerprint density at radius 2 is 1.88 bits per heavy atom.